The van der Waals surface area contributed by atoms with E-state index in [2.05, 4.69) is 87.9 Å². The molecule has 2 heterocycles. The van der Waals surface area contributed by atoms with E-state index in [1.54, 1.807) is 11.3 Å². The summed E-state index contributed by atoms with van der Waals surface area (Å²) in [4.78, 5) is 11.3. The third-order valence-electron chi connectivity index (χ3n) is 4.52. The fourth-order valence-corrected chi connectivity index (χ4v) is 3.77. The fraction of sp³-hybridized carbons (Fsp3) is 0.333. The zero-order chi connectivity index (χ0) is 19.1. The molecule has 0 bridgehead atoms. The van der Waals surface area contributed by atoms with Gasteiger partial charge in [-0.25, -0.2) is 4.98 Å². The first-order valence-electron chi connectivity index (χ1n) is 9.15. The van der Waals surface area contributed by atoms with E-state index in [9.17, 15) is 0 Å². The Morgan fingerprint density at radius 3 is 2.64 bits per heavy atom. The van der Waals surface area contributed by atoms with Gasteiger partial charge in [-0.3, -0.25) is 4.99 Å². The molecule has 0 fully saturated rings. The Kier molecular flexibility index (Phi) is 8.98. The minimum Gasteiger partial charge on any atom is -0.353 e. The number of hydrogen-bond donors (Lipinski definition) is 1. The number of thiazole rings is 1. The van der Waals surface area contributed by atoms with Crippen LogP contribution in [-0.4, -0.2) is 34.5 Å². The predicted molar refractivity (Wildman–Crippen MR) is 128 cm³/mol. The smallest absolute Gasteiger partial charge is 0.194 e. The summed E-state index contributed by atoms with van der Waals surface area (Å²) in [5, 5.41) is 6.74. The van der Waals surface area contributed by atoms with Gasteiger partial charge in [0.05, 0.1) is 23.8 Å². The van der Waals surface area contributed by atoms with E-state index in [1.165, 1.54) is 16.3 Å². The van der Waals surface area contributed by atoms with Crippen LogP contribution in [0.2, 0.25) is 0 Å². The monoisotopic (exact) mass is 509 g/mol. The van der Waals surface area contributed by atoms with Gasteiger partial charge in [-0.05, 0) is 24.1 Å². The minimum atomic E-state index is 0. The summed E-state index contributed by atoms with van der Waals surface area (Å²) >= 11 is 1.73. The van der Waals surface area contributed by atoms with E-state index in [0.717, 1.165) is 31.0 Å². The summed E-state index contributed by atoms with van der Waals surface area (Å²) in [6.07, 6.45) is 4.07. The molecule has 0 atom stereocenters. The molecular formula is C21H28IN5S. The summed E-state index contributed by atoms with van der Waals surface area (Å²) in [5.41, 5.74) is 3.67. The van der Waals surface area contributed by atoms with Gasteiger partial charge in [-0.15, -0.1) is 35.3 Å². The minimum absolute atomic E-state index is 0. The molecule has 1 N–H and O–H groups in total. The molecule has 7 heteroatoms. The van der Waals surface area contributed by atoms with Crippen LogP contribution in [-0.2, 0) is 33.0 Å². The highest BCUT2D eigenvalue weighted by molar-refractivity contribution is 14.0. The van der Waals surface area contributed by atoms with E-state index in [0.29, 0.717) is 6.54 Å². The number of rotatable bonds is 7. The van der Waals surface area contributed by atoms with Crippen LogP contribution in [0.15, 0.2) is 59.0 Å². The molecule has 0 spiro atoms. The zero-order valence-corrected chi connectivity index (χ0v) is 19.8. The zero-order valence-electron chi connectivity index (χ0n) is 16.6. The lowest BCUT2D eigenvalue weighted by atomic mass is 10.1. The van der Waals surface area contributed by atoms with Crippen molar-refractivity contribution < 1.29 is 0 Å². The van der Waals surface area contributed by atoms with Crippen LogP contribution < -0.4 is 5.32 Å². The summed E-state index contributed by atoms with van der Waals surface area (Å²) in [5.74, 6) is 0.870. The Hall–Kier alpha value is -1.87. The van der Waals surface area contributed by atoms with Crippen LogP contribution in [0.5, 0.6) is 0 Å². The number of nitrogens with zero attached hydrogens (tertiary/aromatic N) is 4. The Labute approximate surface area is 188 Å². The Balaban J connectivity index is 0.00000280. The van der Waals surface area contributed by atoms with Crippen LogP contribution in [0, 0.1) is 0 Å². The van der Waals surface area contributed by atoms with E-state index in [1.807, 2.05) is 7.05 Å². The maximum absolute atomic E-state index is 4.76. The number of guanidine groups is 1. The summed E-state index contributed by atoms with van der Waals surface area (Å²) in [6, 6.07) is 14.8. The van der Waals surface area contributed by atoms with Crippen LogP contribution in [0.3, 0.4) is 0 Å². The SMILES string of the molecule is CN=C(NCc1csc(CCc2ccccc2)n1)N(C)Cc1cccn1C.I. The molecule has 0 aliphatic rings. The van der Waals surface area contributed by atoms with Gasteiger partial charge in [-0.2, -0.15) is 0 Å². The molecule has 1 aromatic carbocycles. The van der Waals surface area contributed by atoms with E-state index < -0.39 is 0 Å². The third kappa shape index (κ3) is 6.34. The van der Waals surface area contributed by atoms with Gasteiger partial charge in [0.2, 0.25) is 0 Å². The van der Waals surface area contributed by atoms with Crippen molar-refractivity contribution in [2.24, 2.45) is 12.0 Å². The quantitative estimate of drug-likeness (QED) is 0.297. The van der Waals surface area contributed by atoms with Crippen LogP contribution in [0.1, 0.15) is 22.0 Å². The van der Waals surface area contributed by atoms with Crippen molar-refractivity contribution in [2.45, 2.75) is 25.9 Å². The van der Waals surface area contributed by atoms with Crippen LogP contribution >= 0.6 is 35.3 Å². The van der Waals surface area contributed by atoms with Gasteiger partial charge in [0, 0.05) is 44.8 Å². The van der Waals surface area contributed by atoms with Gasteiger partial charge >= 0.3 is 0 Å². The second-order valence-electron chi connectivity index (χ2n) is 6.59. The number of benzene rings is 1. The lowest BCUT2D eigenvalue weighted by Gasteiger charge is -2.22. The summed E-state index contributed by atoms with van der Waals surface area (Å²) < 4.78 is 2.13. The summed E-state index contributed by atoms with van der Waals surface area (Å²) in [6.45, 7) is 1.49. The number of hydrogen-bond acceptors (Lipinski definition) is 3. The lowest BCUT2D eigenvalue weighted by Crippen LogP contribution is -2.38. The van der Waals surface area contributed by atoms with Crippen molar-refractivity contribution in [1.82, 2.24) is 19.8 Å². The number of aryl methyl sites for hydroxylation is 3. The largest absolute Gasteiger partial charge is 0.353 e. The first kappa shape index (κ1) is 22.4. The molecule has 0 amide bonds. The molecular weight excluding hydrogens is 481 g/mol. The second-order valence-corrected chi connectivity index (χ2v) is 7.53. The molecule has 28 heavy (non-hydrogen) atoms. The average Bonchev–Trinajstić information content (AvgIpc) is 3.30. The highest BCUT2D eigenvalue weighted by Crippen LogP contribution is 2.13. The maximum atomic E-state index is 4.76. The van der Waals surface area contributed by atoms with Crippen molar-refractivity contribution in [1.29, 1.82) is 0 Å². The third-order valence-corrected chi connectivity index (χ3v) is 5.48. The normalized spacial score (nSPS) is 11.2. The van der Waals surface area contributed by atoms with Gasteiger partial charge in [-0.1, -0.05) is 30.3 Å². The van der Waals surface area contributed by atoms with Crippen molar-refractivity contribution in [2.75, 3.05) is 14.1 Å². The average molecular weight is 509 g/mol. The number of aromatic nitrogens is 2. The molecule has 3 rings (SSSR count). The van der Waals surface area contributed by atoms with E-state index in [-0.39, 0.29) is 24.0 Å². The molecule has 150 valence electrons. The Bertz CT molecular complexity index is 872. The van der Waals surface area contributed by atoms with Crippen LogP contribution in [0.4, 0.5) is 0 Å². The topological polar surface area (TPSA) is 45.5 Å². The van der Waals surface area contributed by atoms with Crippen molar-refractivity contribution >= 4 is 41.3 Å². The molecule has 0 aliphatic carbocycles. The van der Waals surface area contributed by atoms with Gasteiger partial charge in [0.1, 0.15) is 0 Å². The molecule has 0 aliphatic heterocycles. The first-order chi connectivity index (χ1) is 13.2. The fourth-order valence-electron chi connectivity index (χ4n) is 2.97. The molecule has 0 saturated carbocycles. The van der Waals surface area contributed by atoms with Gasteiger partial charge in [0.25, 0.3) is 0 Å². The molecule has 0 radical (unpaired) electrons. The van der Waals surface area contributed by atoms with Crippen molar-refractivity contribution in [3.8, 4) is 0 Å². The highest BCUT2D eigenvalue weighted by Gasteiger charge is 2.09. The molecule has 3 aromatic rings. The van der Waals surface area contributed by atoms with Crippen molar-refractivity contribution in [3.63, 3.8) is 0 Å². The summed E-state index contributed by atoms with van der Waals surface area (Å²) in [7, 11) is 5.93. The van der Waals surface area contributed by atoms with E-state index >= 15 is 0 Å². The second kappa shape index (κ2) is 11.2. The van der Waals surface area contributed by atoms with Gasteiger partial charge < -0.3 is 14.8 Å². The predicted octanol–water partition coefficient (Wildman–Crippen LogP) is 4.09. The number of halogens is 1. The van der Waals surface area contributed by atoms with Crippen LogP contribution in [0.25, 0.3) is 0 Å². The molecule has 5 nitrogen and oxygen atoms in total. The molecule has 2 aromatic heterocycles. The first-order valence-corrected chi connectivity index (χ1v) is 10.0. The van der Waals surface area contributed by atoms with Gasteiger partial charge in [0.15, 0.2) is 5.96 Å². The Morgan fingerprint density at radius 1 is 1.18 bits per heavy atom. The lowest BCUT2D eigenvalue weighted by molar-refractivity contribution is 0.461. The highest BCUT2D eigenvalue weighted by atomic mass is 127. The molecule has 0 unspecified atom stereocenters. The standard InChI is InChI=1S/C21H27N5S.HI/c1-22-21(26(3)15-19-10-7-13-25(19)2)23-14-18-16-27-20(24-18)12-11-17-8-5-4-6-9-17;/h4-10,13,16H,11-12,14-15H2,1-3H3,(H,22,23);1H. The Morgan fingerprint density at radius 2 is 1.96 bits per heavy atom. The van der Waals surface area contributed by atoms with E-state index in [4.69, 9.17) is 4.98 Å². The number of nitrogens with one attached hydrogen (secondary N) is 1. The molecule has 0 saturated heterocycles. The van der Waals surface area contributed by atoms with Crippen molar-refractivity contribution in [3.05, 3.63) is 76.0 Å². The maximum Gasteiger partial charge on any atom is 0.194 e. The number of aliphatic imine (C=N–C) groups is 1.